The standard InChI is InChI=1S/C6H7FN2OS/c1-3-4(7)5(10)9-6(8-3)11-2/h1-2H3,(H,8,9,10). The van der Waals surface area contributed by atoms with Gasteiger partial charge in [-0.15, -0.1) is 0 Å². The van der Waals surface area contributed by atoms with Gasteiger partial charge in [0.05, 0.1) is 5.69 Å². The molecule has 60 valence electrons. The van der Waals surface area contributed by atoms with Gasteiger partial charge >= 0.3 is 0 Å². The predicted molar refractivity (Wildman–Crippen MR) is 41.3 cm³/mol. The van der Waals surface area contributed by atoms with E-state index in [0.717, 1.165) is 0 Å². The Morgan fingerprint density at radius 3 is 2.73 bits per heavy atom. The van der Waals surface area contributed by atoms with Crippen molar-refractivity contribution in [2.75, 3.05) is 6.26 Å². The number of nitrogens with zero attached hydrogens (tertiary/aromatic N) is 1. The number of H-pyrrole nitrogens is 1. The molecule has 0 unspecified atom stereocenters. The number of nitrogens with one attached hydrogen (secondary N) is 1. The summed E-state index contributed by atoms with van der Waals surface area (Å²) >= 11 is 1.27. The van der Waals surface area contributed by atoms with Crippen LogP contribution in [0.4, 0.5) is 4.39 Å². The summed E-state index contributed by atoms with van der Waals surface area (Å²) in [5, 5.41) is 0.439. The smallest absolute Gasteiger partial charge is 0.287 e. The molecule has 0 atom stereocenters. The molecule has 1 aromatic rings. The van der Waals surface area contributed by atoms with Crippen LogP contribution >= 0.6 is 11.8 Å². The number of aryl methyl sites for hydroxylation is 1. The predicted octanol–water partition coefficient (Wildman–Crippen LogP) is 0.939. The second-order valence-corrected chi connectivity index (χ2v) is 2.77. The molecule has 0 amide bonds. The molecule has 0 bridgehead atoms. The Morgan fingerprint density at radius 1 is 1.64 bits per heavy atom. The topological polar surface area (TPSA) is 45.8 Å². The van der Waals surface area contributed by atoms with Gasteiger partial charge in [-0.2, -0.15) is 4.39 Å². The lowest BCUT2D eigenvalue weighted by Gasteiger charge is -1.96. The zero-order valence-electron chi connectivity index (χ0n) is 6.14. The first-order valence-corrected chi connectivity index (χ1v) is 4.18. The maximum atomic E-state index is 12.6. The first kappa shape index (κ1) is 8.26. The average molecular weight is 174 g/mol. The molecule has 0 fully saturated rings. The lowest BCUT2D eigenvalue weighted by molar-refractivity contribution is 0.577. The van der Waals surface area contributed by atoms with Gasteiger partial charge in [-0.25, -0.2) is 4.98 Å². The molecule has 5 heteroatoms. The first-order chi connectivity index (χ1) is 5.15. The number of hydrogen-bond acceptors (Lipinski definition) is 3. The zero-order chi connectivity index (χ0) is 8.43. The molecule has 1 rings (SSSR count). The summed E-state index contributed by atoms with van der Waals surface area (Å²) < 4.78 is 12.6. The summed E-state index contributed by atoms with van der Waals surface area (Å²) in [5.41, 5.74) is -0.569. The third-order valence-corrected chi connectivity index (χ3v) is 1.78. The Hall–Kier alpha value is -0.840. The van der Waals surface area contributed by atoms with E-state index in [-0.39, 0.29) is 5.69 Å². The van der Waals surface area contributed by atoms with Crippen LogP contribution in [0, 0.1) is 12.7 Å². The molecule has 0 radical (unpaired) electrons. The fraction of sp³-hybridized carbons (Fsp3) is 0.333. The van der Waals surface area contributed by atoms with Crippen LogP contribution in [0.2, 0.25) is 0 Å². The zero-order valence-corrected chi connectivity index (χ0v) is 6.96. The minimum absolute atomic E-state index is 0.137. The van der Waals surface area contributed by atoms with Gasteiger partial charge in [0.1, 0.15) is 0 Å². The fourth-order valence-electron chi connectivity index (χ4n) is 0.642. The van der Waals surface area contributed by atoms with Crippen LogP contribution in [-0.2, 0) is 0 Å². The van der Waals surface area contributed by atoms with Gasteiger partial charge in [0.2, 0.25) is 5.82 Å². The number of hydrogen-bond donors (Lipinski definition) is 1. The van der Waals surface area contributed by atoms with E-state index in [2.05, 4.69) is 9.97 Å². The van der Waals surface area contributed by atoms with Crippen LogP contribution in [0.1, 0.15) is 5.69 Å². The summed E-state index contributed by atoms with van der Waals surface area (Å²) in [7, 11) is 0. The second-order valence-electron chi connectivity index (χ2n) is 1.97. The van der Waals surface area contributed by atoms with Crippen LogP contribution in [-0.4, -0.2) is 16.2 Å². The number of thioether (sulfide) groups is 1. The molecule has 11 heavy (non-hydrogen) atoms. The van der Waals surface area contributed by atoms with E-state index >= 15 is 0 Å². The normalized spacial score (nSPS) is 10.1. The number of aromatic amines is 1. The Morgan fingerprint density at radius 2 is 2.27 bits per heavy atom. The Balaban J connectivity index is 3.32. The molecule has 0 aliphatic heterocycles. The van der Waals surface area contributed by atoms with Crippen molar-refractivity contribution in [1.82, 2.24) is 9.97 Å². The van der Waals surface area contributed by atoms with E-state index in [1.165, 1.54) is 18.7 Å². The fourth-order valence-corrected chi connectivity index (χ4v) is 1.07. The van der Waals surface area contributed by atoms with Crippen molar-refractivity contribution >= 4 is 11.8 Å². The highest BCUT2D eigenvalue weighted by Gasteiger charge is 2.04. The molecular formula is C6H7FN2OS. The summed E-state index contributed by atoms with van der Waals surface area (Å²) in [4.78, 5) is 16.8. The van der Waals surface area contributed by atoms with Crippen molar-refractivity contribution in [3.8, 4) is 0 Å². The molecule has 1 heterocycles. The van der Waals surface area contributed by atoms with E-state index in [4.69, 9.17) is 0 Å². The molecule has 0 aromatic carbocycles. The Kier molecular flexibility index (Phi) is 2.28. The van der Waals surface area contributed by atoms with Crippen molar-refractivity contribution in [2.24, 2.45) is 0 Å². The molecular weight excluding hydrogens is 167 g/mol. The van der Waals surface area contributed by atoms with Crippen molar-refractivity contribution in [2.45, 2.75) is 12.1 Å². The molecule has 0 saturated carbocycles. The maximum Gasteiger partial charge on any atom is 0.287 e. The van der Waals surface area contributed by atoms with Crippen molar-refractivity contribution in [1.29, 1.82) is 0 Å². The van der Waals surface area contributed by atoms with Crippen molar-refractivity contribution in [3.63, 3.8) is 0 Å². The van der Waals surface area contributed by atoms with E-state index in [1.54, 1.807) is 6.26 Å². The minimum Gasteiger partial charge on any atom is -0.299 e. The lowest BCUT2D eigenvalue weighted by Crippen LogP contribution is -2.14. The maximum absolute atomic E-state index is 12.6. The lowest BCUT2D eigenvalue weighted by atomic mass is 10.4. The average Bonchev–Trinajstić information content (AvgIpc) is 1.99. The van der Waals surface area contributed by atoms with E-state index in [1.807, 2.05) is 0 Å². The van der Waals surface area contributed by atoms with Crippen LogP contribution in [0.5, 0.6) is 0 Å². The number of halogens is 1. The largest absolute Gasteiger partial charge is 0.299 e. The van der Waals surface area contributed by atoms with E-state index in [9.17, 15) is 9.18 Å². The van der Waals surface area contributed by atoms with Gasteiger partial charge in [0.25, 0.3) is 5.56 Å². The molecule has 0 aliphatic carbocycles. The van der Waals surface area contributed by atoms with Gasteiger partial charge in [0.15, 0.2) is 5.16 Å². The van der Waals surface area contributed by atoms with Crippen LogP contribution in [0.25, 0.3) is 0 Å². The quantitative estimate of drug-likeness (QED) is 0.509. The molecule has 0 saturated heterocycles. The summed E-state index contributed by atoms with van der Waals surface area (Å²) in [5.74, 6) is -0.803. The van der Waals surface area contributed by atoms with Gasteiger partial charge in [0, 0.05) is 0 Å². The number of rotatable bonds is 1. The highest BCUT2D eigenvalue weighted by molar-refractivity contribution is 7.98. The molecule has 0 aliphatic rings. The Bertz CT molecular complexity index is 323. The summed E-state index contributed by atoms with van der Waals surface area (Å²) in [6, 6.07) is 0. The van der Waals surface area contributed by atoms with Gasteiger partial charge in [-0.1, -0.05) is 11.8 Å². The van der Waals surface area contributed by atoms with Crippen molar-refractivity contribution in [3.05, 3.63) is 21.9 Å². The SMILES string of the molecule is CSc1nc(C)c(F)c(=O)[nH]1. The van der Waals surface area contributed by atoms with Gasteiger partial charge in [-0.05, 0) is 13.2 Å². The van der Waals surface area contributed by atoms with Gasteiger partial charge < -0.3 is 0 Å². The molecule has 1 aromatic heterocycles. The highest BCUT2D eigenvalue weighted by atomic mass is 32.2. The first-order valence-electron chi connectivity index (χ1n) is 2.95. The monoisotopic (exact) mass is 174 g/mol. The second kappa shape index (κ2) is 3.04. The molecule has 1 N–H and O–H groups in total. The minimum atomic E-state index is -0.803. The van der Waals surface area contributed by atoms with E-state index < -0.39 is 11.4 Å². The van der Waals surface area contributed by atoms with Crippen LogP contribution in [0.3, 0.4) is 0 Å². The van der Waals surface area contributed by atoms with Crippen LogP contribution < -0.4 is 5.56 Å². The highest BCUT2D eigenvalue weighted by Crippen LogP contribution is 2.06. The summed E-state index contributed by atoms with van der Waals surface area (Å²) in [6.07, 6.45) is 1.76. The van der Waals surface area contributed by atoms with Crippen LogP contribution in [0.15, 0.2) is 9.95 Å². The molecule has 3 nitrogen and oxygen atoms in total. The third kappa shape index (κ3) is 1.59. The number of aromatic nitrogens is 2. The van der Waals surface area contributed by atoms with Gasteiger partial charge in [-0.3, -0.25) is 9.78 Å². The Labute approximate surface area is 67.1 Å². The van der Waals surface area contributed by atoms with E-state index in [0.29, 0.717) is 5.16 Å². The molecule has 0 spiro atoms. The summed E-state index contributed by atoms with van der Waals surface area (Å²) in [6.45, 7) is 1.46. The van der Waals surface area contributed by atoms with Crippen molar-refractivity contribution < 1.29 is 4.39 Å². The third-order valence-electron chi connectivity index (χ3n) is 1.20.